The van der Waals surface area contributed by atoms with E-state index in [9.17, 15) is 9.18 Å². The predicted octanol–water partition coefficient (Wildman–Crippen LogP) is 7.22. The van der Waals surface area contributed by atoms with Gasteiger partial charge in [0.1, 0.15) is 12.4 Å². The van der Waals surface area contributed by atoms with Crippen molar-refractivity contribution in [1.29, 1.82) is 0 Å². The summed E-state index contributed by atoms with van der Waals surface area (Å²) in [6, 6.07) is 14.7. The first-order valence-corrected chi connectivity index (χ1v) is 11.7. The number of halogens is 4. The van der Waals surface area contributed by atoms with Gasteiger partial charge in [0.05, 0.1) is 26.7 Å². The highest BCUT2D eigenvalue weighted by atomic mass is 79.9. The highest BCUT2D eigenvalue weighted by Gasteiger charge is 2.26. The van der Waals surface area contributed by atoms with E-state index in [4.69, 9.17) is 37.4 Å². The molecule has 0 atom stereocenters. The first-order chi connectivity index (χ1) is 16.4. The van der Waals surface area contributed by atoms with Crippen molar-refractivity contribution in [2.45, 2.75) is 13.5 Å². The van der Waals surface area contributed by atoms with Crippen molar-refractivity contribution in [2.24, 2.45) is 4.99 Å². The van der Waals surface area contributed by atoms with E-state index >= 15 is 0 Å². The van der Waals surface area contributed by atoms with Gasteiger partial charge in [-0.3, -0.25) is 0 Å². The quantitative estimate of drug-likeness (QED) is 0.224. The van der Waals surface area contributed by atoms with Gasteiger partial charge in [-0.05, 0) is 76.5 Å². The summed E-state index contributed by atoms with van der Waals surface area (Å²) < 4.78 is 31.6. The maximum absolute atomic E-state index is 14.1. The number of rotatable bonds is 7. The Bertz CT molecular complexity index is 1330. The van der Waals surface area contributed by atoms with Crippen molar-refractivity contribution in [3.05, 3.63) is 97.3 Å². The van der Waals surface area contributed by atoms with Crippen LogP contribution in [0.1, 0.15) is 23.6 Å². The van der Waals surface area contributed by atoms with Crippen LogP contribution in [0, 0.1) is 5.82 Å². The molecule has 0 N–H and O–H groups in total. The first kappa shape index (κ1) is 24.3. The lowest BCUT2D eigenvalue weighted by atomic mass is 10.1. The summed E-state index contributed by atoms with van der Waals surface area (Å²) in [6.07, 6.45) is 1.53. The van der Waals surface area contributed by atoms with Crippen LogP contribution in [-0.2, 0) is 16.1 Å². The first-order valence-electron chi connectivity index (χ1n) is 10.2. The topological polar surface area (TPSA) is 57.1 Å². The summed E-state index contributed by atoms with van der Waals surface area (Å²) in [5, 5.41) is 0.901. The van der Waals surface area contributed by atoms with E-state index in [1.807, 2.05) is 13.0 Å². The van der Waals surface area contributed by atoms with E-state index in [0.29, 0.717) is 38.2 Å². The van der Waals surface area contributed by atoms with Crippen LogP contribution < -0.4 is 9.47 Å². The largest absolute Gasteiger partial charge is 0.490 e. The summed E-state index contributed by atoms with van der Waals surface area (Å²) in [5.74, 6) is -0.333. The van der Waals surface area contributed by atoms with Crippen LogP contribution in [0.5, 0.6) is 11.5 Å². The molecule has 0 radical (unpaired) electrons. The second kappa shape index (κ2) is 10.6. The van der Waals surface area contributed by atoms with Crippen LogP contribution in [0.2, 0.25) is 10.0 Å². The molecule has 0 saturated heterocycles. The third kappa shape index (κ3) is 5.43. The molecule has 0 fully saturated rings. The molecule has 0 unspecified atom stereocenters. The zero-order chi connectivity index (χ0) is 24.2. The van der Waals surface area contributed by atoms with Crippen LogP contribution in [0.4, 0.5) is 4.39 Å². The van der Waals surface area contributed by atoms with Crippen molar-refractivity contribution >= 4 is 57.1 Å². The van der Waals surface area contributed by atoms with Crippen molar-refractivity contribution in [2.75, 3.05) is 6.61 Å². The molecule has 0 aromatic heterocycles. The summed E-state index contributed by atoms with van der Waals surface area (Å²) >= 11 is 15.6. The molecule has 5 nitrogen and oxygen atoms in total. The highest BCUT2D eigenvalue weighted by Crippen LogP contribution is 2.38. The van der Waals surface area contributed by atoms with E-state index < -0.39 is 11.8 Å². The number of hydrogen-bond acceptors (Lipinski definition) is 5. The Balaban J connectivity index is 1.62. The summed E-state index contributed by atoms with van der Waals surface area (Å²) in [4.78, 5) is 16.5. The molecule has 0 amide bonds. The highest BCUT2D eigenvalue weighted by molar-refractivity contribution is 9.10. The van der Waals surface area contributed by atoms with Gasteiger partial charge in [-0.1, -0.05) is 41.4 Å². The minimum atomic E-state index is -0.674. The average Bonchev–Trinajstić information content (AvgIpc) is 3.16. The maximum Gasteiger partial charge on any atom is 0.363 e. The molecule has 174 valence electrons. The lowest BCUT2D eigenvalue weighted by Crippen LogP contribution is -2.07. The Morgan fingerprint density at radius 1 is 1.09 bits per heavy atom. The molecule has 0 bridgehead atoms. The zero-order valence-electron chi connectivity index (χ0n) is 17.8. The molecule has 0 aliphatic carbocycles. The summed E-state index contributed by atoms with van der Waals surface area (Å²) in [6.45, 7) is 2.48. The van der Waals surface area contributed by atoms with E-state index in [2.05, 4.69) is 20.9 Å². The zero-order valence-corrected chi connectivity index (χ0v) is 20.9. The fourth-order valence-electron chi connectivity index (χ4n) is 3.18. The molecular weight excluding hydrogens is 548 g/mol. The van der Waals surface area contributed by atoms with Gasteiger partial charge < -0.3 is 14.2 Å². The molecule has 0 saturated carbocycles. The van der Waals surface area contributed by atoms with Crippen molar-refractivity contribution in [3.63, 3.8) is 0 Å². The lowest BCUT2D eigenvalue weighted by molar-refractivity contribution is -0.129. The molecule has 1 aliphatic heterocycles. The van der Waals surface area contributed by atoms with Gasteiger partial charge in [0.25, 0.3) is 0 Å². The molecule has 9 heteroatoms. The number of carbonyl (C=O) groups is 1. The molecule has 3 aromatic carbocycles. The molecule has 1 heterocycles. The van der Waals surface area contributed by atoms with Crippen LogP contribution >= 0.6 is 39.1 Å². The van der Waals surface area contributed by atoms with Crippen molar-refractivity contribution in [3.8, 4) is 11.5 Å². The molecule has 4 rings (SSSR count). The van der Waals surface area contributed by atoms with Crippen LogP contribution in [0.15, 0.2) is 69.8 Å². The van der Waals surface area contributed by atoms with E-state index in [1.165, 1.54) is 18.2 Å². The fourth-order valence-corrected chi connectivity index (χ4v) is 4.07. The number of nitrogens with zero attached hydrogens (tertiary/aromatic N) is 1. The number of esters is 1. The standard InChI is InChI=1S/C25H17BrCl2FNO4/c1-2-32-22-12-15(9-17(26)23(22)33-13-14-7-8-18(27)19(28)10-14)11-21-25(31)34-24(30-21)16-5-3-4-6-20(16)29/h3-12H,2,13H2,1H3/b21-11-. The van der Waals surface area contributed by atoms with E-state index in [0.717, 1.165) is 5.56 Å². The molecule has 0 spiro atoms. The minimum Gasteiger partial charge on any atom is -0.490 e. The van der Waals surface area contributed by atoms with Gasteiger partial charge in [0.15, 0.2) is 17.2 Å². The molecule has 1 aliphatic rings. The summed E-state index contributed by atoms with van der Waals surface area (Å²) in [7, 11) is 0. The van der Waals surface area contributed by atoms with Gasteiger partial charge in [-0.15, -0.1) is 0 Å². The smallest absolute Gasteiger partial charge is 0.363 e. The second-order valence-electron chi connectivity index (χ2n) is 7.12. The van der Waals surface area contributed by atoms with Crippen LogP contribution in [0.25, 0.3) is 6.08 Å². The Hall–Kier alpha value is -2.87. The monoisotopic (exact) mass is 563 g/mol. The van der Waals surface area contributed by atoms with Gasteiger partial charge in [-0.2, -0.15) is 0 Å². The van der Waals surface area contributed by atoms with Crippen LogP contribution in [0.3, 0.4) is 0 Å². The Labute approximate surface area is 213 Å². The number of hydrogen-bond donors (Lipinski definition) is 0. The van der Waals surface area contributed by atoms with Gasteiger partial charge in [0, 0.05) is 0 Å². The normalized spacial score (nSPS) is 14.2. The Morgan fingerprint density at radius 3 is 2.62 bits per heavy atom. The van der Waals surface area contributed by atoms with Gasteiger partial charge in [0.2, 0.25) is 5.90 Å². The number of benzene rings is 3. The molecule has 34 heavy (non-hydrogen) atoms. The van der Waals surface area contributed by atoms with Gasteiger partial charge in [-0.25, -0.2) is 14.2 Å². The third-order valence-electron chi connectivity index (χ3n) is 4.73. The van der Waals surface area contributed by atoms with Crippen molar-refractivity contribution in [1.82, 2.24) is 0 Å². The number of aliphatic imine (C=N–C) groups is 1. The molecular formula is C25H17BrCl2FNO4. The van der Waals surface area contributed by atoms with E-state index in [-0.39, 0.29) is 23.8 Å². The summed E-state index contributed by atoms with van der Waals surface area (Å²) in [5.41, 5.74) is 1.60. The fraction of sp³-hybridized carbons (Fsp3) is 0.120. The minimum absolute atomic E-state index is 0.0390. The van der Waals surface area contributed by atoms with Gasteiger partial charge >= 0.3 is 5.97 Å². The second-order valence-corrected chi connectivity index (χ2v) is 8.78. The number of ether oxygens (including phenoxy) is 3. The van der Waals surface area contributed by atoms with Crippen LogP contribution in [-0.4, -0.2) is 18.5 Å². The Kier molecular flexibility index (Phi) is 7.56. The SMILES string of the molecule is CCOc1cc(/C=C2\N=C(c3ccccc3F)OC2=O)cc(Br)c1OCc1ccc(Cl)c(Cl)c1. The number of cyclic esters (lactones) is 1. The number of carbonyl (C=O) groups excluding carboxylic acids is 1. The molecule has 3 aromatic rings. The lowest BCUT2D eigenvalue weighted by Gasteiger charge is -2.15. The Morgan fingerprint density at radius 2 is 1.88 bits per heavy atom. The predicted molar refractivity (Wildman–Crippen MR) is 133 cm³/mol. The maximum atomic E-state index is 14.1. The third-order valence-corrected chi connectivity index (χ3v) is 6.06. The average molecular weight is 565 g/mol. The van der Waals surface area contributed by atoms with E-state index in [1.54, 1.807) is 36.4 Å². The van der Waals surface area contributed by atoms with Crippen molar-refractivity contribution < 1.29 is 23.4 Å².